The molecule has 1 N–H and O–H groups in total. The number of hydrogen-bond donors (Lipinski definition) is 1. The average Bonchev–Trinajstić information content (AvgIpc) is 2.89. The van der Waals surface area contributed by atoms with Crippen molar-refractivity contribution in [2.45, 2.75) is 30.8 Å². The van der Waals surface area contributed by atoms with Gasteiger partial charge in [-0.25, -0.2) is 17.8 Å². The lowest BCUT2D eigenvalue weighted by Gasteiger charge is -2.26. The molecule has 2 heterocycles. The SMILES string of the molecule is Cc1c(S(=O)(=O)NC2COc3ccc(Br)cc3C2)cnn1C(F)F. The topological polar surface area (TPSA) is 73.2 Å². The molecule has 2 aromatic rings. The Kier molecular flexibility index (Phi) is 4.63. The van der Waals surface area contributed by atoms with Gasteiger partial charge >= 0.3 is 6.55 Å². The van der Waals surface area contributed by atoms with E-state index in [9.17, 15) is 17.2 Å². The Morgan fingerprint density at radius 2 is 2.21 bits per heavy atom. The van der Waals surface area contributed by atoms with Gasteiger partial charge in [0.2, 0.25) is 10.0 Å². The number of ether oxygens (including phenoxy) is 1. The summed E-state index contributed by atoms with van der Waals surface area (Å²) in [4.78, 5) is -0.261. The predicted octanol–water partition coefficient (Wildman–Crippen LogP) is 2.63. The van der Waals surface area contributed by atoms with Gasteiger partial charge in [0.15, 0.2) is 0 Å². The van der Waals surface area contributed by atoms with Crippen LogP contribution < -0.4 is 9.46 Å². The summed E-state index contributed by atoms with van der Waals surface area (Å²) in [5, 5.41) is 3.43. The van der Waals surface area contributed by atoms with Crippen molar-refractivity contribution in [3.05, 3.63) is 40.1 Å². The van der Waals surface area contributed by atoms with Gasteiger partial charge in [-0.3, -0.25) is 0 Å². The van der Waals surface area contributed by atoms with E-state index in [0.717, 1.165) is 16.2 Å². The minimum Gasteiger partial charge on any atom is -0.492 e. The molecule has 1 unspecified atom stereocenters. The first-order valence-corrected chi connectivity index (χ1v) is 9.31. The summed E-state index contributed by atoms with van der Waals surface area (Å²) in [5.74, 6) is 0.704. The summed E-state index contributed by atoms with van der Waals surface area (Å²) in [7, 11) is -3.97. The number of nitrogens with one attached hydrogen (secondary N) is 1. The van der Waals surface area contributed by atoms with Gasteiger partial charge in [-0.05, 0) is 37.1 Å². The molecule has 0 fully saturated rings. The smallest absolute Gasteiger partial charge is 0.333 e. The third-order valence-electron chi connectivity index (χ3n) is 3.72. The largest absolute Gasteiger partial charge is 0.492 e. The summed E-state index contributed by atoms with van der Waals surface area (Å²) in [6, 6.07) is 5.01. The fourth-order valence-electron chi connectivity index (χ4n) is 2.59. The molecule has 10 heteroatoms. The fraction of sp³-hybridized carbons (Fsp3) is 0.357. The number of alkyl halides is 2. The van der Waals surface area contributed by atoms with Crippen molar-refractivity contribution in [2.75, 3.05) is 6.61 Å². The third-order valence-corrected chi connectivity index (χ3v) is 5.84. The first kappa shape index (κ1) is 17.3. The van der Waals surface area contributed by atoms with Gasteiger partial charge in [0, 0.05) is 4.47 Å². The summed E-state index contributed by atoms with van der Waals surface area (Å²) < 4.78 is 59.7. The molecule has 1 atom stereocenters. The second kappa shape index (κ2) is 6.41. The monoisotopic (exact) mass is 421 g/mol. The predicted molar refractivity (Wildman–Crippen MR) is 85.7 cm³/mol. The highest BCUT2D eigenvalue weighted by molar-refractivity contribution is 9.10. The number of nitrogens with zero attached hydrogens (tertiary/aromatic N) is 2. The van der Waals surface area contributed by atoms with Gasteiger partial charge in [-0.15, -0.1) is 0 Å². The van der Waals surface area contributed by atoms with Crippen molar-refractivity contribution in [3.63, 3.8) is 0 Å². The Labute approximate surface area is 146 Å². The van der Waals surface area contributed by atoms with Gasteiger partial charge in [-0.1, -0.05) is 15.9 Å². The van der Waals surface area contributed by atoms with Crippen LogP contribution in [0.5, 0.6) is 5.75 Å². The highest BCUT2D eigenvalue weighted by Gasteiger charge is 2.29. The molecule has 3 rings (SSSR count). The zero-order chi connectivity index (χ0) is 17.5. The quantitative estimate of drug-likeness (QED) is 0.823. The Hall–Kier alpha value is -1.52. The maximum atomic E-state index is 12.8. The zero-order valence-corrected chi connectivity index (χ0v) is 14.9. The molecule has 0 radical (unpaired) electrons. The second-order valence-corrected chi connectivity index (χ2v) is 8.00. The molecule has 0 spiro atoms. The van der Waals surface area contributed by atoms with Crippen LogP contribution in [0.2, 0.25) is 0 Å². The lowest BCUT2D eigenvalue weighted by Crippen LogP contribution is -2.42. The van der Waals surface area contributed by atoms with E-state index in [2.05, 4.69) is 25.8 Å². The molecule has 0 saturated heterocycles. The standard InChI is InChI=1S/C14H14BrF2N3O3S/c1-8-13(6-18-20(8)14(16)17)24(21,22)19-11-5-9-4-10(15)2-3-12(9)23-7-11/h2-4,6,11,14,19H,5,7H2,1H3. The van der Waals surface area contributed by atoms with Crippen molar-refractivity contribution < 1.29 is 21.9 Å². The van der Waals surface area contributed by atoms with Crippen molar-refractivity contribution in [1.29, 1.82) is 0 Å². The number of hydrogen-bond acceptors (Lipinski definition) is 4. The molecular formula is C14H14BrF2N3O3S. The van der Waals surface area contributed by atoms with E-state index in [4.69, 9.17) is 4.74 Å². The number of fused-ring (bicyclic) bond motifs is 1. The van der Waals surface area contributed by atoms with Gasteiger partial charge in [0.25, 0.3) is 0 Å². The summed E-state index contributed by atoms with van der Waals surface area (Å²) in [6.45, 7) is -1.44. The van der Waals surface area contributed by atoms with Crippen LogP contribution in [-0.2, 0) is 16.4 Å². The molecule has 1 aliphatic rings. The van der Waals surface area contributed by atoms with E-state index in [0.29, 0.717) is 16.9 Å². The van der Waals surface area contributed by atoms with E-state index in [1.807, 2.05) is 12.1 Å². The Bertz CT molecular complexity index is 870. The number of rotatable bonds is 4. The summed E-state index contributed by atoms with van der Waals surface area (Å²) >= 11 is 3.36. The van der Waals surface area contributed by atoms with Crippen LogP contribution in [0.15, 0.2) is 33.8 Å². The lowest BCUT2D eigenvalue weighted by molar-refractivity contribution is 0.0541. The van der Waals surface area contributed by atoms with Crippen molar-refractivity contribution in [3.8, 4) is 5.75 Å². The third kappa shape index (κ3) is 3.31. The summed E-state index contributed by atoms with van der Waals surface area (Å²) in [5.41, 5.74) is 0.751. The van der Waals surface area contributed by atoms with Crippen molar-refractivity contribution in [1.82, 2.24) is 14.5 Å². The van der Waals surface area contributed by atoms with Gasteiger partial charge in [0.1, 0.15) is 17.3 Å². The first-order valence-electron chi connectivity index (χ1n) is 7.04. The van der Waals surface area contributed by atoms with Gasteiger partial charge in [-0.2, -0.15) is 13.9 Å². The average molecular weight is 422 g/mol. The molecule has 0 saturated carbocycles. The number of halogens is 3. The van der Waals surface area contributed by atoms with Crippen molar-refractivity contribution >= 4 is 26.0 Å². The maximum absolute atomic E-state index is 12.8. The highest BCUT2D eigenvalue weighted by atomic mass is 79.9. The molecule has 0 aliphatic carbocycles. The van der Waals surface area contributed by atoms with E-state index in [1.54, 1.807) is 6.07 Å². The molecule has 24 heavy (non-hydrogen) atoms. The van der Waals surface area contributed by atoms with Crippen LogP contribution in [0, 0.1) is 6.92 Å². The molecule has 0 amide bonds. The van der Waals surface area contributed by atoms with Crippen LogP contribution in [-0.4, -0.2) is 30.8 Å². The van der Waals surface area contributed by atoms with Crippen LogP contribution >= 0.6 is 15.9 Å². The lowest BCUT2D eigenvalue weighted by atomic mass is 10.0. The zero-order valence-electron chi connectivity index (χ0n) is 12.5. The number of sulfonamides is 1. The molecule has 6 nitrogen and oxygen atoms in total. The fourth-order valence-corrected chi connectivity index (χ4v) is 4.38. The van der Waals surface area contributed by atoms with E-state index in [1.165, 1.54) is 6.92 Å². The van der Waals surface area contributed by atoms with Crippen LogP contribution in [0.25, 0.3) is 0 Å². The van der Waals surface area contributed by atoms with Crippen molar-refractivity contribution in [2.24, 2.45) is 0 Å². The van der Waals surface area contributed by atoms with Crippen LogP contribution in [0.4, 0.5) is 8.78 Å². The molecule has 1 aliphatic heterocycles. The first-order chi connectivity index (χ1) is 11.3. The number of aromatic nitrogens is 2. The Morgan fingerprint density at radius 3 is 2.88 bits per heavy atom. The molecular weight excluding hydrogens is 408 g/mol. The highest BCUT2D eigenvalue weighted by Crippen LogP contribution is 2.28. The minimum atomic E-state index is -3.97. The van der Waals surface area contributed by atoms with E-state index in [-0.39, 0.29) is 17.2 Å². The normalized spacial score (nSPS) is 17.6. The van der Waals surface area contributed by atoms with E-state index >= 15 is 0 Å². The van der Waals surface area contributed by atoms with Crippen LogP contribution in [0.3, 0.4) is 0 Å². The molecule has 1 aromatic heterocycles. The van der Waals surface area contributed by atoms with E-state index < -0.39 is 22.6 Å². The maximum Gasteiger partial charge on any atom is 0.333 e. The molecule has 0 bridgehead atoms. The van der Waals surface area contributed by atoms with Gasteiger partial charge < -0.3 is 4.74 Å². The molecule has 1 aromatic carbocycles. The number of benzene rings is 1. The second-order valence-electron chi connectivity index (χ2n) is 5.40. The molecule has 130 valence electrons. The van der Waals surface area contributed by atoms with Crippen LogP contribution in [0.1, 0.15) is 17.8 Å². The summed E-state index contributed by atoms with van der Waals surface area (Å²) in [6.07, 6.45) is 1.37. The van der Waals surface area contributed by atoms with Gasteiger partial charge in [0.05, 0.1) is 17.9 Å². The minimum absolute atomic E-state index is 0.114. The Balaban J connectivity index is 1.81. The Morgan fingerprint density at radius 1 is 1.46 bits per heavy atom.